The quantitative estimate of drug-likeness (QED) is 0.294. The summed E-state index contributed by atoms with van der Waals surface area (Å²) in [6, 6.07) is 20.0. The minimum absolute atomic E-state index is 0.242. The van der Waals surface area contributed by atoms with Crippen LogP contribution in [-0.4, -0.2) is 33.1 Å². The maximum Gasteiger partial charge on any atom is 0.294 e. The Balaban J connectivity index is 1.42. The summed E-state index contributed by atoms with van der Waals surface area (Å²) in [5, 5.41) is 3.18. The van der Waals surface area contributed by atoms with Gasteiger partial charge in [-0.1, -0.05) is 54.1 Å². The second kappa shape index (κ2) is 10.3. The van der Waals surface area contributed by atoms with E-state index in [1.54, 1.807) is 30.3 Å². The van der Waals surface area contributed by atoms with Crippen LogP contribution in [0, 0.1) is 26.6 Å². The molecule has 1 saturated heterocycles. The van der Waals surface area contributed by atoms with E-state index in [9.17, 15) is 18.8 Å². The molecule has 1 aromatic heterocycles. The first-order valence-corrected chi connectivity index (χ1v) is 13.0. The van der Waals surface area contributed by atoms with Crippen LogP contribution >= 0.6 is 11.8 Å². The van der Waals surface area contributed by atoms with Crippen LogP contribution in [0.25, 0.3) is 17.0 Å². The Bertz CT molecular complexity index is 1640. The van der Waals surface area contributed by atoms with Gasteiger partial charge >= 0.3 is 0 Å². The fourth-order valence-corrected chi connectivity index (χ4v) is 5.52. The Kier molecular flexibility index (Phi) is 6.91. The number of benzene rings is 3. The second-order valence-electron chi connectivity index (χ2n) is 9.33. The molecule has 1 N–H and O–H groups in total. The van der Waals surface area contributed by atoms with E-state index in [0.29, 0.717) is 17.8 Å². The zero-order valence-electron chi connectivity index (χ0n) is 21.2. The molecule has 0 atom stereocenters. The molecule has 5 rings (SSSR count). The Morgan fingerprint density at radius 3 is 2.50 bits per heavy atom. The summed E-state index contributed by atoms with van der Waals surface area (Å²) in [5.41, 5.74) is 5.68. The summed E-state index contributed by atoms with van der Waals surface area (Å²) in [4.78, 5) is 39.8. The topological polar surface area (TPSA) is 71.4 Å². The highest BCUT2D eigenvalue weighted by Gasteiger charge is 2.36. The molecule has 0 aliphatic carbocycles. The van der Waals surface area contributed by atoms with Crippen molar-refractivity contribution in [2.45, 2.75) is 27.3 Å². The zero-order chi connectivity index (χ0) is 27.0. The summed E-state index contributed by atoms with van der Waals surface area (Å²) in [7, 11) is 0. The number of hydrogen-bond donors (Lipinski definition) is 1. The molecule has 192 valence electrons. The molecule has 1 aliphatic heterocycles. The summed E-state index contributed by atoms with van der Waals surface area (Å²) < 4.78 is 16.4. The molecular weight excluding hydrogens is 501 g/mol. The summed E-state index contributed by atoms with van der Waals surface area (Å²) in [5.74, 6) is -1.24. The normalized spacial score (nSPS) is 14.6. The van der Waals surface area contributed by atoms with E-state index in [1.807, 2.05) is 61.7 Å². The fourth-order valence-electron chi connectivity index (χ4n) is 4.70. The number of aromatic nitrogens is 1. The number of fused-ring (bicyclic) bond motifs is 1. The van der Waals surface area contributed by atoms with Crippen molar-refractivity contribution in [3.8, 4) is 0 Å². The van der Waals surface area contributed by atoms with Gasteiger partial charge in [-0.3, -0.25) is 19.3 Å². The van der Waals surface area contributed by atoms with Gasteiger partial charge in [-0.25, -0.2) is 4.39 Å². The van der Waals surface area contributed by atoms with Crippen LogP contribution in [0.5, 0.6) is 0 Å². The van der Waals surface area contributed by atoms with Crippen LogP contribution < -0.4 is 5.32 Å². The SMILES string of the molecule is Cc1ccc(NC(=O)CN2C(=O)S/C(=C\c3c(C)n(Cc4ccccc4F)c4ccccc34)C2=O)c(C)c1. The molecule has 6 nitrogen and oxygen atoms in total. The molecule has 4 aromatic rings. The number of aryl methyl sites for hydroxylation is 2. The van der Waals surface area contributed by atoms with Crippen LogP contribution in [0.3, 0.4) is 0 Å². The van der Waals surface area contributed by atoms with Gasteiger partial charge in [0.05, 0.1) is 11.4 Å². The molecule has 3 amide bonds. The zero-order valence-corrected chi connectivity index (χ0v) is 22.1. The van der Waals surface area contributed by atoms with Gasteiger partial charge in [0.1, 0.15) is 12.4 Å². The molecular formula is C30H26FN3O3S. The number of halogens is 1. The first kappa shape index (κ1) is 25.5. The summed E-state index contributed by atoms with van der Waals surface area (Å²) >= 11 is 0.812. The van der Waals surface area contributed by atoms with Gasteiger partial charge < -0.3 is 9.88 Å². The van der Waals surface area contributed by atoms with Crippen LogP contribution in [0.15, 0.2) is 71.6 Å². The van der Waals surface area contributed by atoms with Crippen molar-refractivity contribution in [3.63, 3.8) is 0 Å². The lowest BCUT2D eigenvalue weighted by Crippen LogP contribution is -2.36. The Labute approximate surface area is 224 Å². The van der Waals surface area contributed by atoms with E-state index in [0.717, 1.165) is 49.9 Å². The molecule has 8 heteroatoms. The molecule has 1 fully saturated rings. The molecule has 3 aromatic carbocycles. The predicted molar refractivity (Wildman–Crippen MR) is 149 cm³/mol. The molecule has 1 aliphatic rings. The number of hydrogen-bond acceptors (Lipinski definition) is 4. The number of nitrogens with one attached hydrogen (secondary N) is 1. The second-order valence-corrected chi connectivity index (χ2v) is 10.3. The van der Waals surface area contributed by atoms with Crippen LogP contribution in [0.1, 0.15) is 27.9 Å². The van der Waals surface area contributed by atoms with Crippen LogP contribution in [0.4, 0.5) is 14.9 Å². The third-order valence-corrected chi connectivity index (χ3v) is 7.58. The van der Waals surface area contributed by atoms with E-state index in [-0.39, 0.29) is 17.3 Å². The monoisotopic (exact) mass is 527 g/mol. The number of amides is 3. The van der Waals surface area contributed by atoms with Crippen molar-refractivity contribution in [1.29, 1.82) is 0 Å². The van der Waals surface area contributed by atoms with Crippen molar-refractivity contribution >= 4 is 51.5 Å². The fraction of sp³-hybridized carbons (Fsp3) is 0.167. The van der Waals surface area contributed by atoms with E-state index in [1.165, 1.54) is 6.07 Å². The number of anilines is 1. The van der Waals surface area contributed by atoms with Crippen molar-refractivity contribution in [2.75, 3.05) is 11.9 Å². The number of nitrogens with zero attached hydrogens (tertiary/aromatic N) is 2. The number of para-hydroxylation sites is 1. The number of imide groups is 1. The highest BCUT2D eigenvalue weighted by atomic mass is 32.2. The molecule has 2 heterocycles. The van der Waals surface area contributed by atoms with Gasteiger partial charge in [0.2, 0.25) is 5.91 Å². The first-order valence-electron chi connectivity index (χ1n) is 12.2. The summed E-state index contributed by atoms with van der Waals surface area (Å²) in [6.45, 7) is 5.71. The average Bonchev–Trinajstić information content (AvgIpc) is 3.30. The maximum absolute atomic E-state index is 14.4. The molecule has 0 radical (unpaired) electrons. The Hall–Kier alpha value is -4.17. The van der Waals surface area contributed by atoms with Gasteiger partial charge in [-0.15, -0.1) is 0 Å². The van der Waals surface area contributed by atoms with E-state index >= 15 is 0 Å². The van der Waals surface area contributed by atoms with E-state index < -0.39 is 17.1 Å². The van der Waals surface area contributed by atoms with Crippen molar-refractivity contribution in [2.24, 2.45) is 0 Å². The standard InChI is InChI=1S/C30H26FN3O3S/c1-18-12-13-25(19(2)14-18)32-28(35)17-34-29(36)27(38-30(34)37)15-23-20(3)33(26-11-7-5-9-22(23)26)16-21-8-4-6-10-24(21)31/h4-15H,16-17H2,1-3H3,(H,32,35)/b27-15-. The van der Waals surface area contributed by atoms with Gasteiger partial charge in [-0.2, -0.15) is 0 Å². The molecule has 0 saturated carbocycles. The predicted octanol–water partition coefficient (Wildman–Crippen LogP) is 6.43. The Morgan fingerprint density at radius 2 is 1.74 bits per heavy atom. The van der Waals surface area contributed by atoms with E-state index in [2.05, 4.69) is 5.32 Å². The molecule has 0 spiro atoms. The van der Waals surface area contributed by atoms with Gasteiger partial charge in [-0.05, 0) is 62.4 Å². The van der Waals surface area contributed by atoms with Crippen molar-refractivity contribution < 1.29 is 18.8 Å². The average molecular weight is 528 g/mol. The minimum Gasteiger partial charge on any atom is -0.340 e. The molecule has 38 heavy (non-hydrogen) atoms. The molecule has 0 unspecified atom stereocenters. The number of rotatable bonds is 6. The summed E-state index contributed by atoms with van der Waals surface area (Å²) in [6.07, 6.45) is 1.70. The van der Waals surface area contributed by atoms with Gasteiger partial charge in [0, 0.05) is 33.4 Å². The minimum atomic E-state index is -0.513. The van der Waals surface area contributed by atoms with Crippen LogP contribution in [-0.2, 0) is 16.1 Å². The smallest absolute Gasteiger partial charge is 0.294 e. The largest absolute Gasteiger partial charge is 0.340 e. The van der Waals surface area contributed by atoms with Crippen molar-refractivity contribution in [1.82, 2.24) is 9.47 Å². The first-order chi connectivity index (χ1) is 18.2. The molecule has 0 bridgehead atoms. The van der Waals surface area contributed by atoms with Gasteiger partial charge in [0.25, 0.3) is 11.1 Å². The Morgan fingerprint density at radius 1 is 1.00 bits per heavy atom. The van der Waals surface area contributed by atoms with Crippen molar-refractivity contribution in [3.05, 3.63) is 105 Å². The highest BCUT2D eigenvalue weighted by molar-refractivity contribution is 8.18. The van der Waals surface area contributed by atoms with Crippen LogP contribution in [0.2, 0.25) is 0 Å². The maximum atomic E-state index is 14.4. The van der Waals surface area contributed by atoms with Gasteiger partial charge in [0.15, 0.2) is 0 Å². The van der Waals surface area contributed by atoms with E-state index in [4.69, 9.17) is 0 Å². The lowest BCUT2D eigenvalue weighted by atomic mass is 10.1. The lowest BCUT2D eigenvalue weighted by Gasteiger charge is -2.14. The number of thioether (sulfide) groups is 1. The number of carbonyl (C=O) groups is 3. The lowest BCUT2D eigenvalue weighted by molar-refractivity contribution is -0.127. The highest BCUT2D eigenvalue weighted by Crippen LogP contribution is 2.36. The number of carbonyl (C=O) groups excluding carboxylic acids is 3. The third kappa shape index (κ3) is 4.87. The third-order valence-electron chi connectivity index (χ3n) is 6.67.